The summed E-state index contributed by atoms with van der Waals surface area (Å²) in [5.74, 6) is -1.73. The summed E-state index contributed by atoms with van der Waals surface area (Å²) >= 11 is 0. The fourth-order valence-corrected chi connectivity index (χ4v) is 5.71. The zero-order chi connectivity index (χ0) is 27.6. The van der Waals surface area contributed by atoms with Gasteiger partial charge in [-0.1, -0.05) is 13.0 Å². The molecule has 3 heterocycles. The van der Waals surface area contributed by atoms with Crippen LogP contribution in [-0.2, 0) is 16.0 Å². The zero-order valence-electron chi connectivity index (χ0n) is 21.8. The first-order valence-electron chi connectivity index (χ1n) is 13.4. The second-order valence-corrected chi connectivity index (χ2v) is 10.4. The maximum absolute atomic E-state index is 14.6. The number of halogens is 4. The third kappa shape index (κ3) is 6.43. The number of amides is 1. The number of nitrogens with zero attached hydrogens (tertiary/aromatic N) is 4. The molecule has 1 aromatic carbocycles. The van der Waals surface area contributed by atoms with E-state index in [0.717, 1.165) is 49.3 Å². The van der Waals surface area contributed by atoms with E-state index in [1.54, 1.807) is 11.2 Å². The van der Waals surface area contributed by atoms with E-state index in [-0.39, 0.29) is 18.5 Å². The normalized spacial score (nSPS) is 21.1. The number of carbonyl (C=O) groups is 1. The van der Waals surface area contributed by atoms with Crippen molar-refractivity contribution < 1.29 is 31.8 Å². The molecule has 2 aliphatic heterocycles. The molecule has 2 saturated heterocycles. The number of fused-ring (bicyclic) bond motifs is 1. The van der Waals surface area contributed by atoms with Crippen LogP contribution in [0, 0.1) is 5.82 Å². The second kappa shape index (κ2) is 11.6. The minimum absolute atomic E-state index is 0.144. The Balaban J connectivity index is 1.30. The van der Waals surface area contributed by atoms with Gasteiger partial charge in [0.25, 0.3) is 0 Å². The quantitative estimate of drug-likeness (QED) is 0.525. The molecule has 0 bridgehead atoms. The molecule has 2 fully saturated rings. The lowest BCUT2D eigenvalue weighted by Gasteiger charge is -2.38. The summed E-state index contributed by atoms with van der Waals surface area (Å²) in [5, 5.41) is 3.39. The summed E-state index contributed by atoms with van der Waals surface area (Å²) in [6.07, 6.45) is 0.147. The molecule has 39 heavy (non-hydrogen) atoms. The van der Waals surface area contributed by atoms with Crippen molar-refractivity contribution in [3.63, 3.8) is 0 Å². The van der Waals surface area contributed by atoms with Gasteiger partial charge in [0.2, 0.25) is 5.91 Å². The van der Waals surface area contributed by atoms with Gasteiger partial charge < -0.3 is 24.6 Å². The molecular formula is C27H33F4N5O3. The molecule has 0 spiro atoms. The topological polar surface area (TPSA) is 79.8 Å². The minimum atomic E-state index is -5.01. The van der Waals surface area contributed by atoms with E-state index in [0.29, 0.717) is 50.9 Å². The highest BCUT2D eigenvalue weighted by molar-refractivity contribution is 5.84. The number of aromatic nitrogens is 2. The summed E-state index contributed by atoms with van der Waals surface area (Å²) < 4.78 is 61.7. The molecular weight excluding hydrogens is 518 g/mol. The molecule has 2 atom stereocenters. The highest BCUT2D eigenvalue weighted by Crippen LogP contribution is 2.37. The second-order valence-electron chi connectivity index (χ2n) is 10.4. The first kappa shape index (κ1) is 27.6. The van der Waals surface area contributed by atoms with Crippen LogP contribution in [0.15, 0.2) is 24.5 Å². The SMILES string of the molecule is CC1CCc2ncnc(N3CCN(C(=O)[C@H](CNC4CCOCC4)c4ccc(OC(F)(F)F)c(F)c4)CC3)c21. The number of alkyl halides is 3. The summed E-state index contributed by atoms with van der Waals surface area (Å²) in [7, 11) is 0. The van der Waals surface area contributed by atoms with Gasteiger partial charge in [-0.25, -0.2) is 14.4 Å². The Kier molecular flexibility index (Phi) is 8.22. The van der Waals surface area contributed by atoms with Gasteiger partial charge in [-0.05, 0) is 49.3 Å². The van der Waals surface area contributed by atoms with Crippen molar-refractivity contribution in [3.8, 4) is 5.75 Å². The van der Waals surface area contributed by atoms with E-state index >= 15 is 0 Å². The monoisotopic (exact) mass is 551 g/mol. The number of hydrogen-bond donors (Lipinski definition) is 1. The van der Waals surface area contributed by atoms with Crippen LogP contribution in [0.5, 0.6) is 5.75 Å². The summed E-state index contributed by atoms with van der Waals surface area (Å²) in [4.78, 5) is 26.7. The van der Waals surface area contributed by atoms with E-state index in [1.165, 1.54) is 11.6 Å². The average Bonchev–Trinajstić information content (AvgIpc) is 3.31. The van der Waals surface area contributed by atoms with Gasteiger partial charge in [-0.2, -0.15) is 0 Å². The Labute approximate surface area is 224 Å². The Morgan fingerprint density at radius 1 is 1.15 bits per heavy atom. The number of rotatable bonds is 7. The number of hydrogen-bond acceptors (Lipinski definition) is 7. The van der Waals surface area contributed by atoms with Gasteiger partial charge in [0.1, 0.15) is 12.1 Å². The fraction of sp³-hybridized carbons (Fsp3) is 0.593. The molecule has 3 aliphatic rings. The lowest BCUT2D eigenvalue weighted by atomic mass is 9.95. The van der Waals surface area contributed by atoms with Crippen LogP contribution in [0.4, 0.5) is 23.4 Å². The summed E-state index contributed by atoms with van der Waals surface area (Å²) in [6.45, 7) is 5.74. The molecule has 1 unspecified atom stereocenters. The number of anilines is 1. The molecule has 1 aromatic heterocycles. The Morgan fingerprint density at radius 2 is 1.90 bits per heavy atom. The van der Waals surface area contributed by atoms with Crippen LogP contribution in [0.25, 0.3) is 0 Å². The van der Waals surface area contributed by atoms with Crippen LogP contribution < -0.4 is 15.0 Å². The number of nitrogens with one attached hydrogen (secondary N) is 1. The molecule has 5 rings (SSSR count). The van der Waals surface area contributed by atoms with E-state index < -0.39 is 23.8 Å². The molecule has 1 aliphatic carbocycles. The first-order valence-corrected chi connectivity index (χ1v) is 13.4. The van der Waals surface area contributed by atoms with Gasteiger partial charge in [0.15, 0.2) is 11.6 Å². The number of aryl methyl sites for hydroxylation is 1. The van der Waals surface area contributed by atoms with E-state index in [4.69, 9.17) is 4.74 Å². The van der Waals surface area contributed by atoms with Crippen molar-refractivity contribution in [2.45, 2.75) is 56.8 Å². The predicted molar refractivity (Wildman–Crippen MR) is 135 cm³/mol. The number of carbonyl (C=O) groups excluding carboxylic acids is 1. The smallest absolute Gasteiger partial charge is 0.403 e. The number of ether oxygens (including phenoxy) is 2. The number of piperazine rings is 1. The Hall–Kier alpha value is -2.99. The van der Waals surface area contributed by atoms with Crippen molar-refractivity contribution in [2.24, 2.45) is 0 Å². The zero-order valence-corrected chi connectivity index (χ0v) is 21.8. The van der Waals surface area contributed by atoms with Crippen LogP contribution in [-0.4, -0.2) is 79.1 Å². The average molecular weight is 552 g/mol. The molecule has 0 radical (unpaired) electrons. The standard InChI is InChI=1S/C27H33F4N5O3/c1-17-2-4-22-24(17)25(34-16-33-22)35-8-10-36(11-9-35)26(37)20(15-32-19-6-12-38-13-7-19)18-3-5-23(21(28)14-18)39-27(29,30)31/h3,5,14,16-17,19-20,32H,2,4,6-13,15H2,1H3/t17?,20-/m1/s1. The number of benzene rings is 1. The van der Waals surface area contributed by atoms with Crippen LogP contribution in [0.1, 0.15) is 54.8 Å². The van der Waals surface area contributed by atoms with Gasteiger partial charge in [0, 0.05) is 63.2 Å². The molecule has 1 amide bonds. The highest BCUT2D eigenvalue weighted by Gasteiger charge is 2.35. The maximum Gasteiger partial charge on any atom is 0.573 e. The van der Waals surface area contributed by atoms with Crippen molar-refractivity contribution in [1.82, 2.24) is 20.2 Å². The molecule has 12 heteroatoms. The van der Waals surface area contributed by atoms with E-state index in [9.17, 15) is 22.4 Å². The molecule has 0 saturated carbocycles. The van der Waals surface area contributed by atoms with Crippen LogP contribution in [0.3, 0.4) is 0 Å². The Bertz CT molecular complexity index is 1170. The first-order chi connectivity index (χ1) is 18.7. The molecule has 1 N–H and O–H groups in total. The lowest BCUT2D eigenvalue weighted by molar-refractivity contribution is -0.275. The van der Waals surface area contributed by atoms with Crippen LogP contribution in [0.2, 0.25) is 0 Å². The van der Waals surface area contributed by atoms with Crippen molar-refractivity contribution in [1.29, 1.82) is 0 Å². The highest BCUT2D eigenvalue weighted by atomic mass is 19.4. The van der Waals surface area contributed by atoms with Gasteiger partial charge in [-0.3, -0.25) is 4.79 Å². The fourth-order valence-electron chi connectivity index (χ4n) is 5.71. The largest absolute Gasteiger partial charge is 0.573 e. The molecule has 2 aromatic rings. The van der Waals surface area contributed by atoms with E-state index in [1.807, 2.05) is 0 Å². The maximum atomic E-state index is 14.6. The predicted octanol–water partition coefficient (Wildman–Crippen LogP) is 3.77. The van der Waals surface area contributed by atoms with Gasteiger partial charge >= 0.3 is 6.36 Å². The minimum Gasteiger partial charge on any atom is -0.403 e. The lowest BCUT2D eigenvalue weighted by Crippen LogP contribution is -2.52. The van der Waals surface area contributed by atoms with Crippen molar-refractivity contribution in [3.05, 3.63) is 47.2 Å². The van der Waals surface area contributed by atoms with E-state index in [2.05, 4.69) is 31.8 Å². The van der Waals surface area contributed by atoms with Crippen molar-refractivity contribution >= 4 is 11.7 Å². The third-order valence-corrected chi connectivity index (χ3v) is 7.86. The molecule has 8 nitrogen and oxygen atoms in total. The van der Waals surface area contributed by atoms with Crippen molar-refractivity contribution in [2.75, 3.05) is 50.8 Å². The van der Waals surface area contributed by atoms with Crippen LogP contribution >= 0.6 is 0 Å². The summed E-state index contributed by atoms with van der Waals surface area (Å²) in [5.41, 5.74) is 2.58. The third-order valence-electron chi connectivity index (χ3n) is 7.86. The van der Waals surface area contributed by atoms with Gasteiger partial charge in [0.05, 0.1) is 5.92 Å². The molecule has 212 valence electrons. The Morgan fingerprint density at radius 3 is 2.59 bits per heavy atom. The van der Waals surface area contributed by atoms with Gasteiger partial charge in [-0.15, -0.1) is 13.2 Å². The summed E-state index contributed by atoms with van der Waals surface area (Å²) in [6, 6.07) is 3.38.